The van der Waals surface area contributed by atoms with E-state index in [-0.39, 0.29) is 16.7 Å². The summed E-state index contributed by atoms with van der Waals surface area (Å²) in [6, 6.07) is 0.412. The lowest BCUT2D eigenvalue weighted by molar-refractivity contribution is -0.384. The number of aromatic nitrogens is 2. The first-order valence-corrected chi connectivity index (χ1v) is 7.62. The van der Waals surface area contributed by atoms with Crippen LogP contribution in [0.15, 0.2) is 0 Å². The zero-order valence-electron chi connectivity index (χ0n) is 13.0. The molecule has 1 N–H and O–H groups in total. The van der Waals surface area contributed by atoms with Crippen molar-refractivity contribution in [2.24, 2.45) is 11.8 Å². The van der Waals surface area contributed by atoms with Crippen LogP contribution in [0.5, 0.6) is 0 Å². The Labute approximate surface area is 124 Å². The first-order valence-electron chi connectivity index (χ1n) is 7.62. The summed E-state index contributed by atoms with van der Waals surface area (Å²) in [5, 5.41) is 19.3. The predicted molar refractivity (Wildman–Crippen MR) is 80.7 cm³/mol. The third-order valence-corrected chi connectivity index (χ3v) is 4.91. The van der Waals surface area contributed by atoms with Crippen LogP contribution in [0.25, 0.3) is 0 Å². The number of aryl methyl sites for hydroxylation is 1. The van der Waals surface area contributed by atoms with Crippen molar-refractivity contribution in [3.05, 3.63) is 15.8 Å². The Balaban J connectivity index is 2.07. The fourth-order valence-electron chi connectivity index (χ4n) is 3.82. The minimum Gasteiger partial charge on any atom is -0.348 e. The van der Waals surface area contributed by atoms with Crippen molar-refractivity contribution in [1.29, 1.82) is 0 Å². The maximum Gasteiger partial charge on any atom is 0.333 e. The van der Waals surface area contributed by atoms with E-state index < -0.39 is 0 Å². The summed E-state index contributed by atoms with van der Waals surface area (Å²) < 4.78 is 1.82. The molecule has 0 amide bonds. The number of hydrogen-bond acceptors (Lipinski definition) is 5. The second kappa shape index (κ2) is 4.98. The second-order valence-corrected chi connectivity index (χ2v) is 6.53. The molecule has 116 valence electrons. The van der Waals surface area contributed by atoms with Crippen molar-refractivity contribution in [3.63, 3.8) is 0 Å². The van der Waals surface area contributed by atoms with Gasteiger partial charge in [0.25, 0.3) is 0 Å². The molecule has 0 aliphatic carbocycles. The average Bonchev–Trinajstić information content (AvgIpc) is 3.04. The molecule has 21 heavy (non-hydrogen) atoms. The molecule has 7 heteroatoms. The zero-order valence-corrected chi connectivity index (χ0v) is 13.0. The molecule has 1 aromatic rings. The molecular weight excluding hydrogens is 270 g/mol. The molecule has 2 aliphatic rings. The Hall–Kier alpha value is -1.63. The second-order valence-electron chi connectivity index (χ2n) is 6.53. The van der Waals surface area contributed by atoms with Gasteiger partial charge in [0, 0.05) is 31.7 Å². The van der Waals surface area contributed by atoms with E-state index in [1.807, 2.05) is 18.5 Å². The third kappa shape index (κ3) is 2.10. The molecule has 1 aromatic heterocycles. The minimum atomic E-state index is -0.282. The molecular formula is C14H23N5O2. The highest BCUT2D eigenvalue weighted by Crippen LogP contribution is 2.41. The standard InChI is InChI=1S/C14H23N5O2/c1-8(2)18-14(13(19(20)21)9(3)16-18)17-7-11-5-15-6-12(11)10(17)4/h8,10-12,15H,5-7H2,1-4H3. The summed E-state index contributed by atoms with van der Waals surface area (Å²) in [7, 11) is 0. The highest BCUT2D eigenvalue weighted by atomic mass is 16.6. The van der Waals surface area contributed by atoms with Gasteiger partial charge in [0.05, 0.1) is 4.92 Å². The number of fused-ring (bicyclic) bond motifs is 1. The summed E-state index contributed by atoms with van der Waals surface area (Å²) in [4.78, 5) is 13.4. The van der Waals surface area contributed by atoms with Gasteiger partial charge in [0.15, 0.2) is 0 Å². The van der Waals surface area contributed by atoms with Crippen molar-refractivity contribution < 1.29 is 4.92 Å². The van der Waals surface area contributed by atoms with Gasteiger partial charge >= 0.3 is 5.69 Å². The number of hydrogen-bond donors (Lipinski definition) is 1. The van der Waals surface area contributed by atoms with E-state index in [1.165, 1.54) is 0 Å². The van der Waals surface area contributed by atoms with Gasteiger partial charge in [-0.05, 0) is 39.5 Å². The van der Waals surface area contributed by atoms with Gasteiger partial charge in [-0.15, -0.1) is 0 Å². The molecule has 2 fully saturated rings. The molecule has 2 saturated heterocycles. The van der Waals surface area contributed by atoms with Crippen LogP contribution in [0.2, 0.25) is 0 Å². The van der Waals surface area contributed by atoms with Crippen LogP contribution < -0.4 is 10.2 Å². The van der Waals surface area contributed by atoms with Crippen molar-refractivity contribution in [2.45, 2.75) is 39.8 Å². The van der Waals surface area contributed by atoms with Crippen LogP contribution in [-0.4, -0.2) is 40.4 Å². The van der Waals surface area contributed by atoms with Crippen LogP contribution in [0, 0.1) is 28.9 Å². The highest BCUT2D eigenvalue weighted by molar-refractivity contribution is 5.63. The minimum absolute atomic E-state index is 0.109. The van der Waals surface area contributed by atoms with Gasteiger partial charge < -0.3 is 10.2 Å². The van der Waals surface area contributed by atoms with Crippen molar-refractivity contribution in [3.8, 4) is 0 Å². The fourth-order valence-corrected chi connectivity index (χ4v) is 3.82. The molecule has 2 aliphatic heterocycles. The Morgan fingerprint density at radius 2 is 2.14 bits per heavy atom. The molecule has 3 rings (SSSR count). The fraction of sp³-hybridized carbons (Fsp3) is 0.786. The Kier molecular flexibility index (Phi) is 3.39. The lowest BCUT2D eigenvalue weighted by Crippen LogP contribution is -2.35. The van der Waals surface area contributed by atoms with E-state index in [1.54, 1.807) is 6.92 Å². The Bertz CT molecular complexity index is 568. The third-order valence-electron chi connectivity index (χ3n) is 4.91. The first kappa shape index (κ1) is 14.3. The molecule has 0 bridgehead atoms. The maximum atomic E-state index is 11.5. The molecule has 3 heterocycles. The van der Waals surface area contributed by atoms with E-state index in [9.17, 15) is 10.1 Å². The lowest BCUT2D eigenvalue weighted by Gasteiger charge is -2.27. The normalized spacial score (nSPS) is 28.4. The van der Waals surface area contributed by atoms with Crippen molar-refractivity contribution in [1.82, 2.24) is 15.1 Å². The SMILES string of the molecule is Cc1nn(C(C)C)c(N2CC3CNCC3C2C)c1[N+](=O)[O-]. The van der Waals surface area contributed by atoms with E-state index in [2.05, 4.69) is 22.2 Å². The van der Waals surface area contributed by atoms with Crippen LogP contribution in [0.1, 0.15) is 32.5 Å². The van der Waals surface area contributed by atoms with Crippen LogP contribution in [0.3, 0.4) is 0 Å². The van der Waals surface area contributed by atoms with Crippen molar-refractivity contribution in [2.75, 3.05) is 24.5 Å². The van der Waals surface area contributed by atoms with Gasteiger partial charge in [-0.25, -0.2) is 4.68 Å². The van der Waals surface area contributed by atoms with E-state index in [0.717, 1.165) is 19.6 Å². The van der Waals surface area contributed by atoms with Gasteiger partial charge in [-0.2, -0.15) is 5.10 Å². The Morgan fingerprint density at radius 3 is 2.71 bits per heavy atom. The highest BCUT2D eigenvalue weighted by Gasteiger charge is 2.45. The van der Waals surface area contributed by atoms with Crippen LogP contribution >= 0.6 is 0 Å². The predicted octanol–water partition coefficient (Wildman–Crippen LogP) is 1.72. The quantitative estimate of drug-likeness (QED) is 0.678. The number of nitrogens with one attached hydrogen (secondary N) is 1. The molecule has 0 radical (unpaired) electrons. The number of rotatable bonds is 3. The number of nitrogens with zero attached hydrogens (tertiary/aromatic N) is 4. The first-order chi connectivity index (χ1) is 9.91. The molecule has 3 unspecified atom stereocenters. The molecule has 0 aromatic carbocycles. The smallest absolute Gasteiger partial charge is 0.333 e. The summed E-state index contributed by atoms with van der Waals surface area (Å²) >= 11 is 0. The monoisotopic (exact) mass is 293 g/mol. The Morgan fingerprint density at radius 1 is 1.43 bits per heavy atom. The van der Waals surface area contributed by atoms with E-state index >= 15 is 0 Å². The maximum absolute atomic E-state index is 11.5. The largest absolute Gasteiger partial charge is 0.348 e. The van der Waals surface area contributed by atoms with Crippen molar-refractivity contribution >= 4 is 11.5 Å². The molecule has 7 nitrogen and oxygen atoms in total. The lowest BCUT2D eigenvalue weighted by atomic mass is 9.95. The molecule has 0 spiro atoms. The topological polar surface area (TPSA) is 76.2 Å². The summed E-state index contributed by atoms with van der Waals surface area (Å²) in [5.41, 5.74) is 0.676. The van der Waals surface area contributed by atoms with Crippen LogP contribution in [-0.2, 0) is 0 Å². The van der Waals surface area contributed by atoms with Gasteiger partial charge in [0.1, 0.15) is 5.69 Å². The van der Waals surface area contributed by atoms with Gasteiger partial charge in [-0.3, -0.25) is 10.1 Å². The number of anilines is 1. The van der Waals surface area contributed by atoms with Gasteiger partial charge in [0.2, 0.25) is 5.82 Å². The van der Waals surface area contributed by atoms with E-state index in [0.29, 0.717) is 29.4 Å². The zero-order chi connectivity index (χ0) is 15.3. The summed E-state index contributed by atoms with van der Waals surface area (Å²) in [5.74, 6) is 1.84. The van der Waals surface area contributed by atoms with E-state index in [4.69, 9.17) is 0 Å². The molecule has 3 atom stereocenters. The summed E-state index contributed by atoms with van der Waals surface area (Å²) in [6.45, 7) is 10.8. The number of nitro groups is 1. The van der Waals surface area contributed by atoms with Crippen LogP contribution in [0.4, 0.5) is 11.5 Å². The molecule has 0 saturated carbocycles. The summed E-state index contributed by atoms with van der Waals surface area (Å²) in [6.07, 6.45) is 0. The average molecular weight is 293 g/mol. The van der Waals surface area contributed by atoms with Gasteiger partial charge in [-0.1, -0.05) is 0 Å².